The number of carbonyl (C=O) groups is 2. The fraction of sp³-hybridized carbons (Fsp3) is 0.0345. The second-order valence-corrected chi connectivity index (χ2v) is 7.89. The first-order valence-corrected chi connectivity index (χ1v) is 10.7. The minimum Gasteiger partial charge on any atom is -0.452 e. The molecule has 0 radical (unpaired) electrons. The molecule has 5 heteroatoms. The molecule has 34 heavy (non-hydrogen) atoms. The Morgan fingerprint density at radius 3 is 2.35 bits per heavy atom. The number of fused-ring (bicyclic) bond motifs is 1. The number of rotatable bonds is 4. The van der Waals surface area contributed by atoms with Gasteiger partial charge in [0.05, 0.1) is 11.1 Å². The molecular formula is C29H19FO4. The molecule has 0 atom stereocenters. The van der Waals surface area contributed by atoms with E-state index < -0.39 is 11.8 Å². The number of carbonyl (C=O) groups excluding carboxylic acids is 2. The number of esters is 1. The molecule has 0 bridgehead atoms. The van der Waals surface area contributed by atoms with Crippen molar-refractivity contribution < 1.29 is 23.5 Å². The van der Waals surface area contributed by atoms with Crippen molar-refractivity contribution in [1.29, 1.82) is 0 Å². The van der Waals surface area contributed by atoms with Gasteiger partial charge in [0, 0.05) is 5.56 Å². The monoisotopic (exact) mass is 450 g/mol. The number of benzene rings is 4. The van der Waals surface area contributed by atoms with E-state index in [1.165, 1.54) is 18.2 Å². The SMILES string of the molecule is Cc1c(OC(=O)c2cccc(F)c2)ccc2c1O/C(=C\c1ccc(-c3ccccc3)cc1)C2=O. The number of hydrogen-bond donors (Lipinski definition) is 0. The second-order valence-electron chi connectivity index (χ2n) is 7.89. The van der Waals surface area contributed by atoms with Gasteiger partial charge in [0.2, 0.25) is 5.78 Å². The topological polar surface area (TPSA) is 52.6 Å². The number of halogens is 1. The van der Waals surface area contributed by atoms with Crippen LogP contribution in [0.3, 0.4) is 0 Å². The van der Waals surface area contributed by atoms with Gasteiger partial charge >= 0.3 is 5.97 Å². The molecule has 5 rings (SSSR count). The lowest BCUT2D eigenvalue weighted by Gasteiger charge is -2.10. The molecule has 166 valence electrons. The van der Waals surface area contributed by atoms with Crippen molar-refractivity contribution in [2.45, 2.75) is 6.92 Å². The molecule has 0 aliphatic carbocycles. The molecule has 0 saturated carbocycles. The van der Waals surface area contributed by atoms with Gasteiger partial charge in [-0.25, -0.2) is 9.18 Å². The third-order valence-electron chi connectivity index (χ3n) is 5.62. The summed E-state index contributed by atoms with van der Waals surface area (Å²) in [5, 5.41) is 0. The summed E-state index contributed by atoms with van der Waals surface area (Å²) in [5.74, 6) is -0.676. The minimum absolute atomic E-state index is 0.0939. The van der Waals surface area contributed by atoms with Crippen LogP contribution in [0, 0.1) is 12.7 Å². The molecule has 1 heterocycles. The lowest BCUT2D eigenvalue weighted by atomic mass is 10.0. The minimum atomic E-state index is -0.693. The van der Waals surface area contributed by atoms with E-state index in [9.17, 15) is 14.0 Å². The fourth-order valence-electron chi connectivity index (χ4n) is 3.81. The van der Waals surface area contributed by atoms with Gasteiger partial charge in [-0.05, 0) is 60.0 Å². The van der Waals surface area contributed by atoms with Gasteiger partial charge in [-0.2, -0.15) is 0 Å². The van der Waals surface area contributed by atoms with Crippen LogP contribution in [0.5, 0.6) is 11.5 Å². The lowest BCUT2D eigenvalue weighted by molar-refractivity contribution is 0.0732. The summed E-state index contributed by atoms with van der Waals surface area (Å²) in [6, 6.07) is 26.2. The van der Waals surface area contributed by atoms with Crippen molar-refractivity contribution in [2.75, 3.05) is 0 Å². The first-order valence-electron chi connectivity index (χ1n) is 10.7. The molecular weight excluding hydrogens is 431 g/mol. The number of hydrogen-bond acceptors (Lipinski definition) is 4. The predicted molar refractivity (Wildman–Crippen MR) is 127 cm³/mol. The molecule has 4 nitrogen and oxygen atoms in total. The summed E-state index contributed by atoms with van der Waals surface area (Å²) in [6.07, 6.45) is 1.69. The summed E-state index contributed by atoms with van der Waals surface area (Å²) in [5.41, 5.74) is 4.01. The van der Waals surface area contributed by atoms with Gasteiger partial charge in [0.15, 0.2) is 5.76 Å². The maximum Gasteiger partial charge on any atom is 0.343 e. The Hall–Kier alpha value is -4.51. The molecule has 0 unspecified atom stereocenters. The van der Waals surface area contributed by atoms with Crippen molar-refractivity contribution >= 4 is 17.8 Å². The summed E-state index contributed by atoms with van der Waals surface area (Å²) in [4.78, 5) is 25.3. The van der Waals surface area contributed by atoms with E-state index in [1.807, 2.05) is 54.6 Å². The molecule has 4 aromatic carbocycles. The van der Waals surface area contributed by atoms with E-state index in [-0.39, 0.29) is 22.9 Å². The van der Waals surface area contributed by atoms with Crippen LogP contribution >= 0.6 is 0 Å². The van der Waals surface area contributed by atoms with Crippen LogP contribution in [0.4, 0.5) is 4.39 Å². The van der Waals surface area contributed by atoms with Crippen LogP contribution < -0.4 is 9.47 Å². The van der Waals surface area contributed by atoms with Crippen LogP contribution in [-0.4, -0.2) is 11.8 Å². The number of ketones is 1. The lowest BCUT2D eigenvalue weighted by Crippen LogP contribution is -2.09. The third-order valence-corrected chi connectivity index (χ3v) is 5.62. The average Bonchev–Trinajstić information content (AvgIpc) is 3.17. The van der Waals surface area contributed by atoms with Crippen LogP contribution in [0.1, 0.15) is 31.8 Å². The highest BCUT2D eigenvalue weighted by Crippen LogP contribution is 2.39. The van der Waals surface area contributed by atoms with Gasteiger partial charge in [-0.15, -0.1) is 0 Å². The standard InChI is InChI=1S/C29H19FO4/c1-18-25(34-29(32)22-8-5-9-23(30)17-22)15-14-24-27(31)26(33-28(18)24)16-19-10-12-21(13-11-19)20-6-3-2-4-7-20/h2-17H,1H3/b26-16-. The summed E-state index contributed by atoms with van der Waals surface area (Å²) in [7, 11) is 0. The molecule has 1 aliphatic heterocycles. The molecule has 0 aromatic heterocycles. The smallest absolute Gasteiger partial charge is 0.343 e. The van der Waals surface area contributed by atoms with E-state index >= 15 is 0 Å². The van der Waals surface area contributed by atoms with Crippen molar-refractivity contribution in [3.8, 4) is 22.6 Å². The largest absolute Gasteiger partial charge is 0.452 e. The van der Waals surface area contributed by atoms with E-state index in [2.05, 4.69) is 0 Å². The molecule has 0 amide bonds. The zero-order valence-electron chi connectivity index (χ0n) is 18.2. The summed E-state index contributed by atoms with van der Waals surface area (Å²) >= 11 is 0. The Kier molecular flexibility index (Phi) is 5.52. The summed E-state index contributed by atoms with van der Waals surface area (Å²) < 4.78 is 24.7. The Morgan fingerprint density at radius 1 is 0.882 bits per heavy atom. The molecule has 1 aliphatic rings. The Labute approximate surface area is 195 Å². The number of Topliss-reactive ketones (excluding diaryl/α,β-unsaturated/α-hetero) is 1. The molecule has 0 saturated heterocycles. The molecule has 0 N–H and O–H groups in total. The molecule has 0 spiro atoms. The Bertz CT molecular complexity index is 1440. The normalized spacial score (nSPS) is 13.5. The number of allylic oxidation sites excluding steroid dienone is 1. The summed E-state index contributed by atoms with van der Waals surface area (Å²) in [6.45, 7) is 1.71. The third kappa shape index (κ3) is 4.11. The van der Waals surface area contributed by atoms with Gasteiger partial charge < -0.3 is 9.47 Å². The van der Waals surface area contributed by atoms with E-state index in [4.69, 9.17) is 9.47 Å². The van der Waals surface area contributed by atoms with Gasteiger partial charge in [0.25, 0.3) is 0 Å². The maximum absolute atomic E-state index is 13.4. The first-order chi connectivity index (χ1) is 16.5. The van der Waals surface area contributed by atoms with Crippen LogP contribution in [0.25, 0.3) is 17.2 Å². The Balaban J connectivity index is 1.37. The van der Waals surface area contributed by atoms with Gasteiger partial charge in [-0.1, -0.05) is 60.7 Å². The van der Waals surface area contributed by atoms with Crippen molar-refractivity contribution in [3.63, 3.8) is 0 Å². The Morgan fingerprint density at radius 2 is 1.62 bits per heavy atom. The van der Waals surface area contributed by atoms with Crippen molar-refractivity contribution in [2.24, 2.45) is 0 Å². The average molecular weight is 450 g/mol. The van der Waals surface area contributed by atoms with E-state index in [1.54, 1.807) is 25.1 Å². The van der Waals surface area contributed by atoms with Crippen molar-refractivity contribution in [1.82, 2.24) is 0 Å². The fourth-order valence-corrected chi connectivity index (χ4v) is 3.81. The van der Waals surface area contributed by atoms with Crippen LogP contribution in [-0.2, 0) is 0 Å². The second kappa shape index (κ2) is 8.79. The first kappa shape index (κ1) is 21.3. The van der Waals surface area contributed by atoms with Gasteiger partial charge in [0.1, 0.15) is 17.3 Å². The zero-order chi connectivity index (χ0) is 23.7. The molecule has 0 fully saturated rings. The van der Waals surface area contributed by atoms with Crippen LogP contribution in [0.15, 0.2) is 96.8 Å². The maximum atomic E-state index is 13.4. The number of ether oxygens (including phenoxy) is 2. The van der Waals surface area contributed by atoms with E-state index in [0.717, 1.165) is 22.8 Å². The highest BCUT2D eigenvalue weighted by atomic mass is 19.1. The van der Waals surface area contributed by atoms with Crippen LogP contribution in [0.2, 0.25) is 0 Å². The highest BCUT2D eigenvalue weighted by Gasteiger charge is 2.30. The predicted octanol–water partition coefficient (Wildman–Crippen LogP) is 6.64. The molecule has 4 aromatic rings. The van der Waals surface area contributed by atoms with Crippen molar-refractivity contribution in [3.05, 3.63) is 125 Å². The van der Waals surface area contributed by atoms with Gasteiger partial charge in [-0.3, -0.25) is 4.79 Å². The quantitative estimate of drug-likeness (QED) is 0.199. The highest BCUT2D eigenvalue weighted by molar-refractivity contribution is 6.15. The zero-order valence-corrected chi connectivity index (χ0v) is 18.2. The van der Waals surface area contributed by atoms with E-state index in [0.29, 0.717) is 16.9 Å².